The lowest BCUT2D eigenvalue weighted by Gasteiger charge is -2.18. The zero-order valence-corrected chi connectivity index (χ0v) is 8.56. The van der Waals surface area contributed by atoms with E-state index in [0.717, 1.165) is 0 Å². The van der Waals surface area contributed by atoms with Crippen LogP contribution in [-0.2, 0) is 4.79 Å². The van der Waals surface area contributed by atoms with E-state index in [2.05, 4.69) is 0 Å². The molecule has 1 aromatic rings. The minimum Gasteiger partial charge on any atom is -0.506 e. The third kappa shape index (κ3) is 1.74. The molecule has 16 heavy (non-hydrogen) atoms. The van der Waals surface area contributed by atoms with Crippen LogP contribution in [0.5, 0.6) is 5.75 Å². The summed E-state index contributed by atoms with van der Waals surface area (Å²) in [6, 6.07) is 3.89. The number of hydrogen-bond donors (Lipinski definition) is 2. The Hall–Kier alpha value is -1.62. The molecule has 2 N–H and O–H groups in total. The number of carbonyl (C=O) groups is 1. The van der Waals surface area contributed by atoms with Gasteiger partial charge in [0.15, 0.2) is 5.82 Å². The normalized spacial score (nSPS) is 20.5. The van der Waals surface area contributed by atoms with Crippen molar-refractivity contribution in [3.63, 3.8) is 0 Å². The van der Waals surface area contributed by atoms with Crippen molar-refractivity contribution in [2.24, 2.45) is 5.92 Å². The molecule has 0 radical (unpaired) electrons. The molecule has 1 aliphatic rings. The number of aliphatic hydroxyl groups is 1. The first kappa shape index (κ1) is 10.9. The van der Waals surface area contributed by atoms with E-state index >= 15 is 0 Å². The smallest absolute Gasteiger partial charge is 0.227 e. The highest BCUT2D eigenvalue weighted by Crippen LogP contribution is 2.34. The summed E-state index contributed by atoms with van der Waals surface area (Å²) in [6.07, 6.45) is 0.185. The predicted octanol–water partition coefficient (Wildman–Crippen LogP) is 0.876. The van der Waals surface area contributed by atoms with Crippen LogP contribution in [0.3, 0.4) is 0 Å². The van der Waals surface area contributed by atoms with Crippen molar-refractivity contribution in [2.45, 2.75) is 6.42 Å². The van der Waals surface area contributed by atoms with Crippen LogP contribution in [0.15, 0.2) is 18.2 Å². The lowest BCUT2D eigenvalue weighted by atomic mass is 10.1. The highest BCUT2D eigenvalue weighted by molar-refractivity contribution is 5.97. The number of phenols is 1. The van der Waals surface area contributed by atoms with Crippen LogP contribution in [0.25, 0.3) is 0 Å². The molecule has 1 unspecified atom stereocenters. The second-order valence-corrected chi connectivity index (χ2v) is 3.86. The van der Waals surface area contributed by atoms with Gasteiger partial charge in [0.1, 0.15) is 11.4 Å². The maximum absolute atomic E-state index is 13.5. The van der Waals surface area contributed by atoms with Crippen molar-refractivity contribution in [1.29, 1.82) is 0 Å². The van der Waals surface area contributed by atoms with Crippen LogP contribution < -0.4 is 4.90 Å². The Morgan fingerprint density at radius 1 is 1.50 bits per heavy atom. The van der Waals surface area contributed by atoms with Gasteiger partial charge in [0, 0.05) is 25.5 Å². The Kier molecular flexibility index (Phi) is 2.78. The Labute approximate surface area is 91.9 Å². The van der Waals surface area contributed by atoms with E-state index in [9.17, 15) is 14.3 Å². The molecule has 1 aliphatic heterocycles. The van der Waals surface area contributed by atoms with Gasteiger partial charge in [-0.25, -0.2) is 4.39 Å². The summed E-state index contributed by atoms with van der Waals surface area (Å²) in [5, 5.41) is 18.5. The van der Waals surface area contributed by atoms with Crippen molar-refractivity contribution >= 4 is 11.6 Å². The molecule has 2 rings (SSSR count). The number of anilines is 1. The minimum atomic E-state index is -0.632. The van der Waals surface area contributed by atoms with E-state index in [-0.39, 0.29) is 42.8 Å². The molecule has 0 bridgehead atoms. The van der Waals surface area contributed by atoms with E-state index in [1.54, 1.807) is 0 Å². The first-order chi connectivity index (χ1) is 7.63. The summed E-state index contributed by atoms with van der Waals surface area (Å²) in [6.45, 7) is 0.126. The van der Waals surface area contributed by atoms with E-state index in [1.165, 1.54) is 23.1 Å². The average Bonchev–Trinajstić information content (AvgIpc) is 2.60. The first-order valence-electron chi connectivity index (χ1n) is 5.02. The number of hydrogen-bond acceptors (Lipinski definition) is 3. The number of para-hydroxylation sites is 1. The average molecular weight is 225 g/mol. The number of nitrogens with zero attached hydrogens (tertiary/aromatic N) is 1. The molecule has 1 fully saturated rings. The zero-order chi connectivity index (χ0) is 11.7. The number of carbonyl (C=O) groups excluding carboxylic acids is 1. The topological polar surface area (TPSA) is 60.8 Å². The molecule has 86 valence electrons. The molecule has 1 atom stereocenters. The van der Waals surface area contributed by atoms with Crippen LogP contribution in [0.2, 0.25) is 0 Å². The van der Waals surface area contributed by atoms with Gasteiger partial charge in [-0.3, -0.25) is 4.79 Å². The van der Waals surface area contributed by atoms with Crippen molar-refractivity contribution in [3.8, 4) is 5.75 Å². The summed E-state index contributed by atoms with van der Waals surface area (Å²) in [4.78, 5) is 12.8. The Bertz CT molecular complexity index is 401. The van der Waals surface area contributed by atoms with Gasteiger partial charge in [0.2, 0.25) is 5.91 Å². The van der Waals surface area contributed by atoms with Crippen LogP contribution in [-0.4, -0.2) is 29.3 Å². The SMILES string of the molecule is O=C1CC(CO)CN1c1c(O)cccc1F. The van der Waals surface area contributed by atoms with E-state index in [4.69, 9.17) is 5.11 Å². The lowest BCUT2D eigenvalue weighted by Crippen LogP contribution is -2.26. The predicted molar refractivity (Wildman–Crippen MR) is 55.6 cm³/mol. The van der Waals surface area contributed by atoms with Gasteiger partial charge < -0.3 is 15.1 Å². The quantitative estimate of drug-likeness (QED) is 0.785. The van der Waals surface area contributed by atoms with E-state index in [1.807, 2.05) is 0 Å². The van der Waals surface area contributed by atoms with Gasteiger partial charge in [-0.1, -0.05) is 6.07 Å². The fourth-order valence-corrected chi connectivity index (χ4v) is 1.89. The Morgan fingerprint density at radius 3 is 2.81 bits per heavy atom. The number of aliphatic hydroxyl groups excluding tert-OH is 1. The molecular weight excluding hydrogens is 213 g/mol. The number of aromatic hydroxyl groups is 1. The Morgan fingerprint density at radius 2 is 2.25 bits per heavy atom. The molecule has 1 amide bonds. The second kappa shape index (κ2) is 4.09. The summed E-state index contributed by atoms with van der Waals surface area (Å²) < 4.78 is 13.5. The molecule has 0 spiro atoms. The first-order valence-corrected chi connectivity index (χ1v) is 5.02. The van der Waals surface area contributed by atoms with Crippen LogP contribution >= 0.6 is 0 Å². The highest BCUT2D eigenvalue weighted by Gasteiger charge is 2.32. The van der Waals surface area contributed by atoms with Crippen molar-refractivity contribution in [1.82, 2.24) is 0 Å². The second-order valence-electron chi connectivity index (χ2n) is 3.86. The van der Waals surface area contributed by atoms with Crippen LogP contribution in [0, 0.1) is 11.7 Å². The summed E-state index contributed by atoms with van der Waals surface area (Å²) in [5.74, 6) is -1.36. The molecule has 0 aromatic heterocycles. The summed E-state index contributed by atoms with van der Waals surface area (Å²) >= 11 is 0. The van der Waals surface area contributed by atoms with E-state index in [0.29, 0.717) is 0 Å². The van der Waals surface area contributed by atoms with Crippen molar-refractivity contribution < 1.29 is 19.4 Å². The fourth-order valence-electron chi connectivity index (χ4n) is 1.89. The number of halogens is 1. The molecule has 5 heteroatoms. The van der Waals surface area contributed by atoms with E-state index < -0.39 is 5.82 Å². The molecule has 1 saturated heterocycles. The van der Waals surface area contributed by atoms with Gasteiger partial charge in [-0.05, 0) is 12.1 Å². The highest BCUT2D eigenvalue weighted by atomic mass is 19.1. The number of benzene rings is 1. The van der Waals surface area contributed by atoms with Crippen molar-refractivity contribution in [3.05, 3.63) is 24.0 Å². The molecule has 0 aliphatic carbocycles. The zero-order valence-electron chi connectivity index (χ0n) is 8.56. The molecule has 1 aromatic carbocycles. The standard InChI is InChI=1S/C11H12FNO3/c12-8-2-1-3-9(15)11(8)13-5-7(6-14)4-10(13)16/h1-3,7,14-15H,4-6H2. The fraction of sp³-hybridized carbons (Fsp3) is 0.364. The largest absolute Gasteiger partial charge is 0.506 e. The number of phenolic OH excluding ortho intramolecular Hbond substituents is 1. The molecule has 1 heterocycles. The van der Waals surface area contributed by atoms with Gasteiger partial charge >= 0.3 is 0 Å². The third-order valence-electron chi connectivity index (χ3n) is 2.70. The molecule has 4 nitrogen and oxygen atoms in total. The van der Waals surface area contributed by atoms with Crippen molar-refractivity contribution in [2.75, 3.05) is 18.1 Å². The molecular formula is C11H12FNO3. The minimum absolute atomic E-state index is 0.0940. The third-order valence-corrected chi connectivity index (χ3v) is 2.70. The van der Waals surface area contributed by atoms with Crippen LogP contribution in [0.1, 0.15) is 6.42 Å². The monoisotopic (exact) mass is 225 g/mol. The van der Waals surface area contributed by atoms with Gasteiger partial charge in [-0.15, -0.1) is 0 Å². The van der Waals surface area contributed by atoms with Gasteiger partial charge in [0.05, 0.1) is 0 Å². The van der Waals surface area contributed by atoms with Crippen LogP contribution in [0.4, 0.5) is 10.1 Å². The maximum atomic E-state index is 13.5. The lowest BCUT2D eigenvalue weighted by molar-refractivity contribution is -0.117. The number of rotatable bonds is 2. The van der Waals surface area contributed by atoms with Gasteiger partial charge in [-0.2, -0.15) is 0 Å². The number of amides is 1. The summed E-state index contributed by atoms with van der Waals surface area (Å²) in [5.41, 5.74) is -0.0940. The molecule has 0 saturated carbocycles. The summed E-state index contributed by atoms with van der Waals surface area (Å²) in [7, 11) is 0. The maximum Gasteiger partial charge on any atom is 0.227 e. The van der Waals surface area contributed by atoms with Gasteiger partial charge in [0.25, 0.3) is 0 Å². The Balaban J connectivity index is 2.35.